The molecule has 0 radical (unpaired) electrons. The van der Waals surface area contributed by atoms with Crippen LogP contribution in [0.1, 0.15) is 117 Å². The molecule has 1 saturated carbocycles. The number of hydrogen-bond donors (Lipinski definition) is 0. The first kappa shape index (κ1) is 40.5. The summed E-state index contributed by atoms with van der Waals surface area (Å²) in [4.78, 5) is 0. The average Bonchev–Trinajstić information content (AvgIpc) is 3.19. The Labute approximate surface area is 280 Å². The Morgan fingerprint density at radius 2 is 1.05 bits per heavy atom. The third-order valence-corrected chi connectivity index (χ3v) is 16.8. The maximum absolute atomic E-state index is 2.75. The minimum absolute atomic E-state index is 0. The third-order valence-electron chi connectivity index (χ3n) is 9.90. The van der Waals surface area contributed by atoms with Crippen LogP contribution in [0.2, 0.25) is 22.4 Å². The molecule has 0 heterocycles. The van der Waals surface area contributed by atoms with Gasteiger partial charge in [0.2, 0.25) is 0 Å². The van der Waals surface area contributed by atoms with Gasteiger partial charge in [0.05, 0.1) is 0 Å². The van der Waals surface area contributed by atoms with Crippen LogP contribution < -0.4 is 42.4 Å². The van der Waals surface area contributed by atoms with E-state index in [4.69, 9.17) is 0 Å². The second-order valence-corrected chi connectivity index (χ2v) is 18.3. The summed E-state index contributed by atoms with van der Waals surface area (Å²) >= 11 is 2.53. The second kappa shape index (κ2) is 23.0. The molecule has 40 heavy (non-hydrogen) atoms. The predicted molar refractivity (Wildman–Crippen MR) is 164 cm³/mol. The molecule has 0 N–H and O–H groups in total. The van der Waals surface area contributed by atoms with Crippen molar-refractivity contribution in [3.05, 3.63) is 54.6 Å². The van der Waals surface area contributed by atoms with Crippen molar-refractivity contribution < 1.29 is 57.7 Å². The van der Waals surface area contributed by atoms with E-state index in [0.717, 1.165) is 27.5 Å². The number of halogens is 3. The molecule has 0 saturated heterocycles. The van der Waals surface area contributed by atoms with Crippen molar-refractivity contribution in [2.75, 3.05) is 0 Å². The van der Waals surface area contributed by atoms with Crippen LogP contribution in [-0.2, 0) is 20.4 Å². The molecule has 0 aromatic heterocycles. The van der Waals surface area contributed by atoms with Gasteiger partial charge in [0.25, 0.3) is 0 Å². The number of unbranched alkanes of at least 4 members (excludes halogenated alkanes) is 15. The van der Waals surface area contributed by atoms with E-state index in [-0.39, 0.29) is 37.2 Å². The van der Waals surface area contributed by atoms with Crippen LogP contribution in [0, 0.1) is 17.8 Å². The number of allylic oxidation sites excluding steroid dienone is 4. The van der Waals surface area contributed by atoms with Crippen molar-refractivity contribution in [2.24, 2.45) is 17.8 Å². The summed E-state index contributed by atoms with van der Waals surface area (Å²) in [6.07, 6.45) is 33.0. The van der Waals surface area contributed by atoms with Gasteiger partial charge in [-0.25, -0.2) is 0 Å². The zero-order valence-electron chi connectivity index (χ0n) is 25.7. The number of hydrogen-bond acceptors (Lipinski definition) is 0. The topological polar surface area (TPSA) is 0 Å². The Balaban J connectivity index is 0.00000507. The van der Waals surface area contributed by atoms with Crippen LogP contribution in [0.25, 0.3) is 0 Å². The van der Waals surface area contributed by atoms with Crippen molar-refractivity contribution in [1.29, 1.82) is 0 Å². The predicted octanol–water partition coefficient (Wildman–Crippen LogP) is 1.96. The van der Waals surface area contributed by atoms with Crippen molar-refractivity contribution >= 4 is 13.3 Å². The van der Waals surface area contributed by atoms with Crippen molar-refractivity contribution in [1.82, 2.24) is 0 Å². The maximum Gasteiger partial charge on any atom is -1.00 e. The van der Waals surface area contributed by atoms with Gasteiger partial charge in [-0.15, -0.1) is 0 Å². The summed E-state index contributed by atoms with van der Waals surface area (Å²) in [6, 6.07) is 13.2. The molecule has 0 spiro atoms. The van der Waals surface area contributed by atoms with Gasteiger partial charge >= 0.3 is 180 Å². The zero-order chi connectivity index (χ0) is 26.3. The molecular formula is C35H57Cl3SiTi. The molecule has 2 aliphatic rings. The Hall–Kier alpha value is 0.501. The Morgan fingerprint density at radius 3 is 1.52 bits per heavy atom. The SMILES string of the molecule is CCCCCCCCCCCCCCCCCC[Si](C)(c1ccccc1)C1C(C)[CH]([Ti+3])C2C=CC=CC21.[Cl-].[Cl-].[Cl-]. The first-order chi connectivity index (χ1) is 18.1. The molecule has 0 nitrogen and oxygen atoms in total. The minimum atomic E-state index is -1.60. The first-order valence-corrected chi connectivity index (χ1v) is 19.9. The first-order valence-electron chi connectivity index (χ1n) is 16.2. The smallest absolute Gasteiger partial charge is 1.00 e. The van der Waals surface area contributed by atoms with Gasteiger partial charge in [-0.3, -0.25) is 0 Å². The van der Waals surface area contributed by atoms with Crippen molar-refractivity contribution in [3.63, 3.8) is 0 Å². The van der Waals surface area contributed by atoms with Crippen LogP contribution in [0.5, 0.6) is 0 Å². The molecule has 6 atom stereocenters. The summed E-state index contributed by atoms with van der Waals surface area (Å²) in [7, 11) is -1.60. The van der Waals surface area contributed by atoms with E-state index in [9.17, 15) is 0 Å². The molecule has 2 aliphatic carbocycles. The molecular weight excluding hydrogens is 603 g/mol. The Morgan fingerprint density at radius 1 is 0.625 bits per heavy atom. The quantitative estimate of drug-likeness (QED) is 0.158. The van der Waals surface area contributed by atoms with Gasteiger partial charge in [-0.1, -0.05) is 64.7 Å². The third kappa shape index (κ3) is 12.2. The van der Waals surface area contributed by atoms with Crippen LogP contribution in [-0.4, -0.2) is 8.07 Å². The van der Waals surface area contributed by atoms with E-state index in [1.807, 2.05) is 0 Å². The summed E-state index contributed by atoms with van der Waals surface area (Å²) in [6.45, 7) is 7.63. The van der Waals surface area contributed by atoms with Crippen molar-refractivity contribution in [3.8, 4) is 0 Å². The van der Waals surface area contributed by atoms with Gasteiger partial charge in [-0.2, -0.15) is 0 Å². The molecule has 6 unspecified atom stereocenters. The Kier molecular flexibility index (Phi) is 23.2. The van der Waals surface area contributed by atoms with E-state index >= 15 is 0 Å². The molecule has 1 fully saturated rings. The summed E-state index contributed by atoms with van der Waals surface area (Å²) < 4.78 is 0.803. The minimum Gasteiger partial charge on any atom is -1.00 e. The molecule has 1 aromatic carbocycles. The van der Waals surface area contributed by atoms with Crippen LogP contribution >= 0.6 is 0 Å². The van der Waals surface area contributed by atoms with Gasteiger partial charge in [0.15, 0.2) is 0 Å². The maximum atomic E-state index is 2.75. The molecule has 0 aliphatic heterocycles. The molecule has 226 valence electrons. The average molecular weight is 660 g/mol. The summed E-state index contributed by atoms with van der Waals surface area (Å²) in [5, 5.41) is 1.71. The van der Waals surface area contributed by atoms with E-state index in [2.05, 4.69) is 95.5 Å². The van der Waals surface area contributed by atoms with E-state index < -0.39 is 8.07 Å². The van der Waals surface area contributed by atoms with Crippen LogP contribution in [0.15, 0.2) is 54.6 Å². The Bertz CT molecular complexity index is 801. The number of fused-ring (bicyclic) bond motifs is 1. The number of rotatable bonds is 19. The molecule has 5 heteroatoms. The van der Waals surface area contributed by atoms with E-state index in [0.29, 0.717) is 0 Å². The normalized spacial score (nSPS) is 24.4. The van der Waals surface area contributed by atoms with Crippen LogP contribution in [0.3, 0.4) is 0 Å². The van der Waals surface area contributed by atoms with Gasteiger partial charge in [-0.05, 0) is 0 Å². The van der Waals surface area contributed by atoms with Crippen LogP contribution in [0.4, 0.5) is 0 Å². The standard InChI is InChI=1S/C35H57Si.3ClH.Ti/c1-4-5-6-7-8-9-10-11-12-13-14-15-16-17-18-24-29-36(3,33-26-20-19-21-27-33)35-31(2)30-32-25-22-23-28-34(32)35;;;;/h19-23,25-28,30-32,34-35H,4-18,24,29H2,1-3H3;3*1H;/q;;;;+3/p-3. The molecule has 0 bridgehead atoms. The molecule has 0 amide bonds. The fourth-order valence-corrected chi connectivity index (χ4v) is 14.3. The molecule has 1 aromatic rings. The van der Waals surface area contributed by atoms with Gasteiger partial charge in [0, 0.05) is 0 Å². The van der Waals surface area contributed by atoms with E-state index in [1.165, 1.54) is 109 Å². The zero-order valence-corrected chi connectivity index (χ0v) is 30.6. The van der Waals surface area contributed by atoms with E-state index in [1.54, 1.807) is 5.19 Å². The van der Waals surface area contributed by atoms with Gasteiger partial charge in [0.1, 0.15) is 0 Å². The second-order valence-electron chi connectivity index (χ2n) is 12.7. The summed E-state index contributed by atoms with van der Waals surface area (Å²) in [5.41, 5.74) is 0.868. The van der Waals surface area contributed by atoms with Crippen molar-refractivity contribution in [2.45, 2.75) is 139 Å². The van der Waals surface area contributed by atoms with Gasteiger partial charge < -0.3 is 37.2 Å². The monoisotopic (exact) mass is 658 g/mol. The fraction of sp³-hybridized carbons (Fsp3) is 0.714. The number of benzene rings is 1. The molecule has 3 rings (SSSR count). The largest absolute Gasteiger partial charge is 1.00 e. The summed E-state index contributed by atoms with van der Waals surface area (Å²) in [5.74, 6) is 2.33. The fourth-order valence-electron chi connectivity index (χ4n) is 7.65.